The highest BCUT2D eigenvalue weighted by molar-refractivity contribution is 5.92. The average Bonchev–Trinajstić information content (AvgIpc) is 2.13. The van der Waals surface area contributed by atoms with E-state index >= 15 is 0 Å². The zero-order valence-electron chi connectivity index (χ0n) is 8.17. The van der Waals surface area contributed by atoms with Crippen LogP contribution in [0.3, 0.4) is 0 Å². The Morgan fingerprint density at radius 1 is 1.54 bits per heavy atom. The lowest BCUT2D eigenvalue weighted by Crippen LogP contribution is -2.06. The van der Waals surface area contributed by atoms with Crippen LogP contribution in [0.15, 0.2) is 11.6 Å². The minimum absolute atomic E-state index is 0.121. The van der Waals surface area contributed by atoms with Gasteiger partial charge in [0.1, 0.15) is 11.6 Å². The van der Waals surface area contributed by atoms with Crippen molar-refractivity contribution in [1.82, 2.24) is 0 Å². The summed E-state index contributed by atoms with van der Waals surface area (Å²) in [6.45, 7) is 4.09. The predicted molar refractivity (Wildman–Crippen MR) is 49.9 cm³/mol. The molecule has 0 unspecified atom stereocenters. The highest BCUT2D eigenvalue weighted by Crippen LogP contribution is 2.02. The highest BCUT2D eigenvalue weighted by Gasteiger charge is 2.07. The van der Waals surface area contributed by atoms with Gasteiger partial charge in [-0.15, -0.1) is 0 Å². The summed E-state index contributed by atoms with van der Waals surface area (Å²) in [6, 6.07) is 1.83. The minimum atomic E-state index is -0.513. The second-order valence-electron chi connectivity index (χ2n) is 2.59. The van der Waals surface area contributed by atoms with Crippen molar-refractivity contribution in [2.75, 3.05) is 6.61 Å². The third-order valence-corrected chi connectivity index (χ3v) is 1.52. The third kappa shape index (κ3) is 5.02. The summed E-state index contributed by atoms with van der Waals surface area (Å²) in [5.74, 6) is -0.513. The number of unbranched alkanes of at least 4 members (excludes halogenated alkanes) is 2. The van der Waals surface area contributed by atoms with Crippen LogP contribution in [0.5, 0.6) is 0 Å². The molecule has 0 N–H and O–H groups in total. The molecule has 0 aromatic heterocycles. The summed E-state index contributed by atoms with van der Waals surface area (Å²) < 4.78 is 4.70. The Labute approximate surface area is 79.0 Å². The zero-order valence-corrected chi connectivity index (χ0v) is 8.17. The van der Waals surface area contributed by atoms with E-state index in [9.17, 15) is 4.79 Å². The highest BCUT2D eigenvalue weighted by atomic mass is 16.5. The van der Waals surface area contributed by atoms with Crippen LogP contribution in [0.4, 0.5) is 0 Å². The fourth-order valence-corrected chi connectivity index (χ4v) is 0.834. The van der Waals surface area contributed by atoms with Crippen LogP contribution in [-0.2, 0) is 9.53 Å². The van der Waals surface area contributed by atoms with E-state index in [1.165, 1.54) is 0 Å². The second kappa shape index (κ2) is 7.35. The smallest absolute Gasteiger partial charge is 0.348 e. The SMILES string of the molecule is CCCC/C=C(\C#N)C(=O)OCC. The Bertz CT molecular complexity index is 226. The van der Waals surface area contributed by atoms with E-state index in [0.29, 0.717) is 6.61 Å². The number of carbonyl (C=O) groups is 1. The molecule has 0 radical (unpaired) electrons. The van der Waals surface area contributed by atoms with E-state index in [0.717, 1.165) is 19.3 Å². The van der Waals surface area contributed by atoms with Crippen molar-refractivity contribution in [3.05, 3.63) is 11.6 Å². The van der Waals surface area contributed by atoms with Crippen LogP contribution in [0, 0.1) is 11.3 Å². The molecule has 0 fully saturated rings. The second-order valence-corrected chi connectivity index (χ2v) is 2.59. The molecule has 0 bridgehead atoms. The molecule has 13 heavy (non-hydrogen) atoms. The number of esters is 1. The molecule has 0 aromatic rings. The first kappa shape index (κ1) is 11.7. The number of hydrogen-bond acceptors (Lipinski definition) is 3. The van der Waals surface area contributed by atoms with Crippen molar-refractivity contribution < 1.29 is 9.53 Å². The molecule has 0 rings (SSSR count). The largest absolute Gasteiger partial charge is 0.462 e. The average molecular weight is 181 g/mol. The Morgan fingerprint density at radius 2 is 2.23 bits per heavy atom. The molecule has 0 heterocycles. The zero-order chi connectivity index (χ0) is 10.1. The van der Waals surface area contributed by atoms with E-state index in [4.69, 9.17) is 10.00 Å². The lowest BCUT2D eigenvalue weighted by atomic mass is 10.2. The quantitative estimate of drug-likeness (QED) is 0.283. The Hall–Kier alpha value is -1.30. The van der Waals surface area contributed by atoms with Gasteiger partial charge in [-0.2, -0.15) is 5.26 Å². The van der Waals surface area contributed by atoms with Crippen molar-refractivity contribution in [2.45, 2.75) is 33.1 Å². The number of hydrogen-bond donors (Lipinski definition) is 0. The maximum atomic E-state index is 11.1. The van der Waals surface area contributed by atoms with E-state index in [2.05, 4.69) is 6.92 Å². The molecule has 0 atom stereocenters. The van der Waals surface area contributed by atoms with Gasteiger partial charge >= 0.3 is 5.97 Å². The summed E-state index contributed by atoms with van der Waals surface area (Å²) in [7, 11) is 0. The Balaban J connectivity index is 4.09. The van der Waals surface area contributed by atoms with Gasteiger partial charge in [-0.25, -0.2) is 4.79 Å². The van der Waals surface area contributed by atoms with E-state index < -0.39 is 5.97 Å². The molecule has 0 aliphatic heterocycles. The first-order chi connectivity index (χ1) is 6.26. The molecular weight excluding hydrogens is 166 g/mol. The molecule has 72 valence electrons. The van der Waals surface area contributed by atoms with Crippen LogP contribution in [0.25, 0.3) is 0 Å². The summed E-state index contributed by atoms with van der Waals surface area (Å²) in [6.07, 6.45) is 4.45. The van der Waals surface area contributed by atoms with Crippen LogP contribution >= 0.6 is 0 Å². The molecule has 0 aromatic carbocycles. The summed E-state index contributed by atoms with van der Waals surface area (Å²) in [5, 5.41) is 8.60. The Kier molecular flexibility index (Phi) is 6.62. The fraction of sp³-hybridized carbons (Fsp3) is 0.600. The van der Waals surface area contributed by atoms with Gasteiger partial charge in [0, 0.05) is 0 Å². The fourth-order valence-electron chi connectivity index (χ4n) is 0.834. The van der Waals surface area contributed by atoms with Gasteiger partial charge in [0.15, 0.2) is 0 Å². The van der Waals surface area contributed by atoms with Crippen molar-refractivity contribution in [1.29, 1.82) is 5.26 Å². The first-order valence-corrected chi connectivity index (χ1v) is 4.53. The molecule has 0 amide bonds. The molecular formula is C10H15NO2. The maximum Gasteiger partial charge on any atom is 0.348 e. The normalized spacial score (nSPS) is 10.7. The lowest BCUT2D eigenvalue weighted by molar-refractivity contribution is -0.138. The minimum Gasteiger partial charge on any atom is -0.462 e. The monoisotopic (exact) mass is 181 g/mol. The van der Waals surface area contributed by atoms with Gasteiger partial charge < -0.3 is 4.74 Å². The van der Waals surface area contributed by atoms with Crippen LogP contribution in [-0.4, -0.2) is 12.6 Å². The topological polar surface area (TPSA) is 50.1 Å². The van der Waals surface area contributed by atoms with Crippen molar-refractivity contribution in [3.63, 3.8) is 0 Å². The molecule has 0 spiro atoms. The molecule has 0 aliphatic rings. The molecule has 0 aliphatic carbocycles. The van der Waals surface area contributed by atoms with Crippen molar-refractivity contribution >= 4 is 5.97 Å². The van der Waals surface area contributed by atoms with Gasteiger partial charge in [0.2, 0.25) is 0 Å². The summed E-state index contributed by atoms with van der Waals surface area (Å²) in [5.41, 5.74) is 0.121. The predicted octanol–water partition coefficient (Wildman–Crippen LogP) is 2.19. The van der Waals surface area contributed by atoms with E-state index in [1.807, 2.05) is 6.07 Å². The number of carbonyl (C=O) groups excluding carboxylic acids is 1. The molecule has 3 heteroatoms. The lowest BCUT2D eigenvalue weighted by Gasteiger charge is -1.98. The molecule has 3 nitrogen and oxygen atoms in total. The molecule has 0 saturated carbocycles. The summed E-state index contributed by atoms with van der Waals surface area (Å²) >= 11 is 0. The summed E-state index contributed by atoms with van der Waals surface area (Å²) in [4.78, 5) is 11.1. The van der Waals surface area contributed by atoms with E-state index in [-0.39, 0.29) is 5.57 Å². The third-order valence-electron chi connectivity index (χ3n) is 1.52. The number of ether oxygens (including phenoxy) is 1. The Morgan fingerprint density at radius 3 is 2.69 bits per heavy atom. The van der Waals surface area contributed by atoms with Gasteiger partial charge in [0.05, 0.1) is 6.61 Å². The maximum absolute atomic E-state index is 11.1. The van der Waals surface area contributed by atoms with Crippen molar-refractivity contribution in [2.24, 2.45) is 0 Å². The number of allylic oxidation sites excluding steroid dienone is 1. The first-order valence-electron chi connectivity index (χ1n) is 4.53. The standard InChI is InChI=1S/C10H15NO2/c1-3-5-6-7-9(8-11)10(12)13-4-2/h7H,3-6H2,1-2H3/b9-7+. The number of nitrogens with zero attached hydrogens (tertiary/aromatic N) is 1. The van der Waals surface area contributed by atoms with Gasteiger partial charge in [0.25, 0.3) is 0 Å². The molecule has 0 saturated heterocycles. The van der Waals surface area contributed by atoms with Crippen molar-refractivity contribution in [3.8, 4) is 6.07 Å². The van der Waals surface area contributed by atoms with Gasteiger partial charge in [-0.05, 0) is 13.3 Å². The van der Waals surface area contributed by atoms with Crippen LogP contribution in [0.2, 0.25) is 0 Å². The number of rotatable bonds is 5. The van der Waals surface area contributed by atoms with Gasteiger partial charge in [-0.1, -0.05) is 25.8 Å². The van der Waals surface area contributed by atoms with Crippen LogP contribution in [0.1, 0.15) is 33.1 Å². The van der Waals surface area contributed by atoms with Crippen LogP contribution < -0.4 is 0 Å². The number of nitriles is 1. The van der Waals surface area contributed by atoms with Gasteiger partial charge in [-0.3, -0.25) is 0 Å². The van der Waals surface area contributed by atoms with E-state index in [1.54, 1.807) is 13.0 Å².